The number of ketones is 1. The largest absolute Gasteiger partial charge is 0.462 e. The number of nitrogens with zero attached hydrogens (tertiary/aromatic N) is 2. The number of aromatic nitrogens is 2. The van der Waals surface area contributed by atoms with Gasteiger partial charge in [0.05, 0.1) is 23.3 Å². The third-order valence-corrected chi connectivity index (χ3v) is 4.89. The molecule has 0 aliphatic heterocycles. The quantitative estimate of drug-likeness (QED) is 0.357. The fraction of sp³-hybridized carbons (Fsp3) is 0.385. The molecule has 33 heavy (non-hydrogen) atoms. The maximum Gasteiger partial charge on any atom is 0.338 e. The van der Waals surface area contributed by atoms with Crippen molar-refractivity contribution < 1.29 is 14.3 Å². The average molecular weight is 452 g/mol. The van der Waals surface area contributed by atoms with Gasteiger partial charge in [0.2, 0.25) is 0 Å². The van der Waals surface area contributed by atoms with Gasteiger partial charge < -0.3 is 10.6 Å². The molecule has 0 aliphatic carbocycles. The van der Waals surface area contributed by atoms with Gasteiger partial charge in [0.15, 0.2) is 5.78 Å². The number of ether oxygens (including phenoxy) is 1. The first-order chi connectivity index (χ1) is 15.3. The van der Waals surface area contributed by atoms with Crippen LogP contribution in [0.15, 0.2) is 53.3 Å². The van der Waals surface area contributed by atoms with E-state index in [0.29, 0.717) is 23.1 Å². The summed E-state index contributed by atoms with van der Waals surface area (Å²) in [4.78, 5) is 36.6. The first kappa shape index (κ1) is 25.8. The Hall–Kier alpha value is -3.48. The smallest absolute Gasteiger partial charge is 0.338 e. The molecule has 176 valence electrons. The lowest BCUT2D eigenvalue weighted by Crippen LogP contribution is -2.33. The molecule has 0 radical (unpaired) electrons. The summed E-state index contributed by atoms with van der Waals surface area (Å²) in [7, 11) is 0. The predicted molar refractivity (Wildman–Crippen MR) is 131 cm³/mol. The molecule has 0 amide bonds. The van der Waals surface area contributed by atoms with Crippen LogP contribution in [0.5, 0.6) is 0 Å². The van der Waals surface area contributed by atoms with E-state index in [4.69, 9.17) is 10.6 Å². The van der Waals surface area contributed by atoms with E-state index < -0.39 is 11.4 Å². The molecule has 0 atom stereocenters. The topological polar surface area (TPSA) is 104 Å². The highest BCUT2D eigenvalue weighted by atomic mass is 16.5. The second-order valence-corrected chi connectivity index (χ2v) is 9.74. The zero-order valence-electron chi connectivity index (χ0n) is 20.4. The zero-order valence-corrected chi connectivity index (χ0v) is 20.4. The molecule has 0 aliphatic rings. The summed E-state index contributed by atoms with van der Waals surface area (Å²) in [6, 6.07) is 14.2. The molecule has 0 unspecified atom stereocenters. The number of nitrogens with two attached hydrogens (primary N) is 1. The number of hydrogen-bond donors (Lipinski definition) is 1. The molecular weight excluding hydrogens is 418 g/mol. The lowest BCUT2D eigenvalue weighted by molar-refractivity contribution is 0.0521. The van der Waals surface area contributed by atoms with Crippen LogP contribution < -0.4 is 11.4 Å². The molecule has 0 bridgehead atoms. The summed E-state index contributed by atoms with van der Waals surface area (Å²) < 4.78 is 4.94. The van der Waals surface area contributed by atoms with Gasteiger partial charge in [0.25, 0.3) is 5.56 Å². The Morgan fingerprint density at radius 2 is 1.42 bits per heavy atom. The van der Waals surface area contributed by atoms with Crippen molar-refractivity contribution in [1.29, 1.82) is 0 Å². The minimum Gasteiger partial charge on any atom is -0.462 e. The van der Waals surface area contributed by atoms with Gasteiger partial charge in [0.1, 0.15) is 0 Å². The Bertz CT molecular complexity index is 1210. The molecular formula is C26H33N3O4. The van der Waals surface area contributed by atoms with Crippen LogP contribution in [0.2, 0.25) is 0 Å². The third kappa shape index (κ3) is 6.06. The molecule has 0 saturated heterocycles. The van der Waals surface area contributed by atoms with Crippen LogP contribution in [0.3, 0.4) is 0 Å². The van der Waals surface area contributed by atoms with Gasteiger partial charge in [-0.2, -0.15) is 5.10 Å². The lowest BCUT2D eigenvalue weighted by Gasteiger charge is -2.20. The Morgan fingerprint density at radius 1 is 0.909 bits per heavy atom. The Labute approximate surface area is 194 Å². The number of carbonyl (C=O) groups excluding carboxylic acids is 2. The van der Waals surface area contributed by atoms with Crippen molar-refractivity contribution in [2.24, 2.45) is 5.41 Å². The Balaban J connectivity index is 0.000000234. The standard InChI is InChI=1S/C14H18O3.C12H15N3O/c1-5-17-13(16)11-9-7-6-8-10(11)12(15)14(2,3)4;1-12(2,3)10-8-6-4-5-7-9(8)11(16)15(13)14-10/h6-9H,5H2,1-4H3;4-7H,13H2,1-3H3. The molecule has 7 nitrogen and oxygen atoms in total. The Kier molecular flexibility index (Phi) is 7.80. The summed E-state index contributed by atoms with van der Waals surface area (Å²) in [5.74, 6) is 5.08. The van der Waals surface area contributed by atoms with Gasteiger partial charge in [-0.25, -0.2) is 4.79 Å². The maximum atomic E-state index is 12.2. The highest BCUT2D eigenvalue weighted by Gasteiger charge is 2.27. The van der Waals surface area contributed by atoms with Gasteiger partial charge in [-0.3, -0.25) is 9.59 Å². The van der Waals surface area contributed by atoms with E-state index in [9.17, 15) is 14.4 Å². The van der Waals surface area contributed by atoms with Gasteiger partial charge >= 0.3 is 5.97 Å². The molecule has 1 aromatic heterocycles. The number of hydrogen-bond acceptors (Lipinski definition) is 6. The minimum atomic E-state index is -0.511. The SMILES string of the molecule is CC(C)(C)c1nn(N)c(=O)c2ccccc12.CCOC(=O)c1ccccc1C(=O)C(C)(C)C. The predicted octanol–water partition coefficient (Wildman–Crippen LogP) is 4.50. The normalized spacial score (nSPS) is 11.5. The zero-order chi connectivity index (χ0) is 25.0. The van der Waals surface area contributed by atoms with E-state index in [1.165, 1.54) is 0 Å². The van der Waals surface area contributed by atoms with Gasteiger partial charge in [-0.05, 0) is 19.1 Å². The number of fused-ring (bicyclic) bond motifs is 1. The van der Waals surface area contributed by atoms with Crippen molar-refractivity contribution in [2.45, 2.75) is 53.9 Å². The number of benzene rings is 2. The molecule has 0 saturated carbocycles. The van der Waals surface area contributed by atoms with Gasteiger partial charge in [-0.15, -0.1) is 4.79 Å². The maximum absolute atomic E-state index is 12.2. The molecule has 3 aromatic rings. The summed E-state index contributed by atoms with van der Waals surface area (Å²) in [6.45, 7) is 13.7. The van der Waals surface area contributed by atoms with E-state index in [1.807, 2.05) is 59.7 Å². The second-order valence-electron chi connectivity index (χ2n) is 9.74. The number of nitrogen functional groups attached to an aromatic ring is 1. The molecule has 3 rings (SSSR count). The van der Waals surface area contributed by atoms with Crippen LogP contribution in [-0.4, -0.2) is 28.2 Å². The molecule has 7 heteroatoms. The summed E-state index contributed by atoms with van der Waals surface area (Å²) >= 11 is 0. The number of rotatable bonds is 3. The van der Waals surface area contributed by atoms with Crippen molar-refractivity contribution in [3.8, 4) is 0 Å². The van der Waals surface area contributed by atoms with E-state index in [2.05, 4.69) is 5.10 Å². The highest BCUT2D eigenvalue weighted by molar-refractivity contribution is 6.08. The van der Waals surface area contributed by atoms with Crippen LogP contribution in [0.4, 0.5) is 0 Å². The summed E-state index contributed by atoms with van der Waals surface area (Å²) in [5.41, 5.74) is 0.693. The summed E-state index contributed by atoms with van der Waals surface area (Å²) in [6.07, 6.45) is 0. The van der Waals surface area contributed by atoms with Crippen molar-refractivity contribution in [3.05, 3.63) is 75.7 Å². The van der Waals surface area contributed by atoms with Gasteiger partial charge in [0, 0.05) is 21.8 Å². The first-order valence-electron chi connectivity index (χ1n) is 10.9. The van der Waals surface area contributed by atoms with E-state index in [0.717, 1.165) is 15.9 Å². The van der Waals surface area contributed by atoms with Crippen molar-refractivity contribution >= 4 is 22.5 Å². The molecule has 2 aromatic carbocycles. The number of carbonyl (C=O) groups is 2. The minimum absolute atomic E-state index is 0.0545. The van der Waals surface area contributed by atoms with Crippen LogP contribution in [-0.2, 0) is 10.2 Å². The van der Waals surface area contributed by atoms with Crippen LogP contribution in [0.25, 0.3) is 10.8 Å². The number of Topliss-reactive ketones (excluding diaryl/α,β-unsaturated/α-hetero) is 1. The molecule has 0 fully saturated rings. The second kappa shape index (κ2) is 9.98. The fourth-order valence-electron chi connectivity index (χ4n) is 3.23. The lowest BCUT2D eigenvalue weighted by atomic mass is 9.85. The van der Waals surface area contributed by atoms with Crippen molar-refractivity contribution in [3.63, 3.8) is 0 Å². The van der Waals surface area contributed by atoms with Crippen molar-refractivity contribution in [2.75, 3.05) is 12.4 Å². The van der Waals surface area contributed by atoms with Crippen molar-refractivity contribution in [1.82, 2.24) is 9.89 Å². The molecule has 0 spiro atoms. The van der Waals surface area contributed by atoms with E-state index in [1.54, 1.807) is 37.3 Å². The van der Waals surface area contributed by atoms with Crippen LogP contribution in [0, 0.1) is 5.41 Å². The monoisotopic (exact) mass is 451 g/mol. The number of esters is 1. The van der Waals surface area contributed by atoms with Gasteiger partial charge in [-0.1, -0.05) is 77.9 Å². The molecule has 2 N–H and O–H groups in total. The average Bonchev–Trinajstić information content (AvgIpc) is 2.75. The van der Waals surface area contributed by atoms with E-state index >= 15 is 0 Å². The fourth-order valence-corrected chi connectivity index (χ4v) is 3.23. The van der Waals surface area contributed by atoms with Crippen LogP contribution >= 0.6 is 0 Å². The molecule has 1 heterocycles. The third-order valence-electron chi connectivity index (χ3n) is 4.89. The van der Waals surface area contributed by atoms with E-state index in [-0.39, 0.29) is 16.8 Å². The summed E-state index contributed by atoms with van der Waals surface area (Å²) in [5, 5.41) is 5.65. The highest BCUT2D eigenvalue weighted by Crippen LogP contribution is 2.26. The first-order valence-corrected chi connectivity index (χ1v) is 10.9. The Morgan fingerprint density at radius 3 is 1.94 bits per heavy atom. The van der Waals surface area contributed by atoms with Crippen LogP contribution in [0.1, 0.15) is 74.9 Å².